The number of aromatic amines is 1. The molecule has 1 atom stereocenters. The molecule has 0 aliphatic rings. The summed E-state index contributed by atoms with van der Waals surface area (Å²) in [5.74, 6) is 0.174. The lowest BCUT2D eigenvalue weighted by Gasteiger charge is -2.16. The molecular weight excluding hydrogens is 392 g/mol. The maximum atomic E-state index is 12.6. The van der Waals surface area contributed by atoms with Crippen LogP contribution in [0.2, 0.25) is 0 Å². The summed E-state index contributed by atoms with van der Waals surface area (Å²) in [5, 5.41) is 6.44. The number of hydrogen-bond donors (Lipinski definition) is 2. The molecule has 3 heterocycles. The Morgan fingerprint density at radius 1 is 1.10 bits per heavy atom. The molecule has 30 heavy (non-hydrogen) atoms. The number of carbonyl (C=O) groups is 1. The Labute approximate surface area is 178 Å². The average Bonchev–Trinajstić information content (AvgIpc) is 3.53. The third-order valence-corrected chi connectivity index (χ3v) is 6.48. The number of aryl methyl sites for hydroxylation is 1. The number of nitrogens with zero attached hydrogens (tertiary/aromatic N) is 2. The SMILES string of the molecule is O=C(CCn1cnc2ccccc21)NC[C@@H](c1cccs1)c1c[nH]c2ccccc12. The molecule has 0 spiro atoms. The quantitative estimate of drug-likeness (QED) is 0.397. The third-order valence-electron chi connectivity index (χ3n) is 5.49. The molecule has 0 radical (unpaired) electrons. The molecule has 150 valence electrons. The summed E-state index contributed by atoms with van der Waals surface area (Å²) in [6, 6.07) is 20.5. The molecule has 3 aromatic heterocycles. The van der Waals surface area contributed by atoms with Crippen LogP contribution in [0.25, 0.3) is 21.9 Å². The Kier molecular flexibility index (Phi) is 5.07. The fraction of sp³-hybridized carbons (Fsp3) is 0.167. The van der Waals surface area contributed by atoms with Gasteiger partial charge in [-0.15, -0.1) is 11.3 Å². The van der Waals surface area contributed by atoms with Crippen LogP contribution in [0, 0.1) is 0 Å². The van der Waals surface area contributed by atoms with Crippen molar-refractivity contribution in [3.05, 3.63) is 89.0 Å². The fourth-order valence-electron chi connectivity index (χ4n) is 3.95. The van der Waals surface area contributed by atoms with E-state index in [1.165, 1.54) is 15.8 Å². The van der Waals surface area contributed by atoms with Crippen LogP contribution in [-0.2, 0) is 11.3 Å². The summed E-state index contributed by atoms with van der Waals surface area (Å²) < 4.78 is 2.03. The van der Waals surface area contributed by atoms with Crippen molar-refractivity contribution >= 4 is 39.2 Å². The van der Waals surface area contributed by atoms with Crippen LogP contribution in [0.1, 0.15) is 22.8 Å². The zero-order valence-electron chi connectivity index (χ0n) is 16.4. The lowest BCUT2D eigenvalue weighted by Crippen LogP contribution is -2.29. The Hall–Kier alpha value is -3.38. The van der Waals surface area contributed by atoms with Crippen molar-refractivity contribution in [2.45, 2.75) is 18.9 Å². The summed E-state index contributed by atoms with van der Waals surface area (Å²) in [6.07, 6.45) is 4.29. The molecule has 2 N–H and O–H groups in total. The van der Waals surface area contributed by atoms with Gasteiger partial charge in [-0.3, -0.25) is 4.79 Å². The Morgan fingerprint density at radius 2 is 1.97 bits per heavy atom. The third kappa shape index (κ3) is 3.62. The van der Waals surface area contributed by atoms with Crippen LogP contribution < -0.4 is 5.32 Å². The number of hydrogen-bond acceptors (Lipinski definition) is 3. The number of para-hydroxylation sites is 3. The van der Waals surface area contributed by atoms with E-state index in [4.69, 9.17) is 0 Å². The number of amides is 1. The number of nitrogens with one attached hydrogen (secondary N) is 2. The number of thiophene rings is 1. The lowest BCUT2D eigenvalue weighted by molar-refractivity contribution is -0.121. The van der Waals surface area contributed by atoms with Crippen LogP contribution in [0.3, 0.4) is 0 Å². The van der Waals surface area contributed by atoms with Crippen molar-refractivity contribution in [1.82, 2.24) is 19.9 Å². The van der Waals surface area contributed by atoms with Gasteiger partial charge in [0.1, 0.15) is 0 Å². The standard InChI is InChI=1S/C24H22N4OS/c29-24(11-12-28-16-27-21-8-3-4-9-22(21)28)26-15-19(23-10-5-13-30-23)18-14-25-20-7-2-1-6-17(18)20/h1-10,13-14,16,19,25H,11-12,15H2,(H,26,29)/t19-/m1/s1. The Morgan fingerprint density at radius 3 is 2.87 bits per heavy atom. The van der Waals surface area contributed by atoms with E-state index in [-0.39, 0.29) is 11.8 Å². The number of fused-ring (bicyclic) bond motifs is 2. The van der Waals surface area contributed by atoms with Crippen molar-refractivity contribution in [2.75, 3.05) is 6.54 Å². The number of imidazole rings is 1. The fourth-order valence-corrected chi connectivity index (χ4v) is 4.80. The predicted molar refractivity (Wildman–Crippen MR) is 122 cm³/mol. The highest BCUT2D eigenvalue weighted by atomic mass is 32.1. The van der Waals surface area contributed by atoms with Gasteiger partial charge in [0, 0.05) is 47.4 Å². The van der Waals surface area contributed by atoms with E-state index in [0.29, 0.717) is 19.5 Å². The first-order valence-electron chi connectivity index (χ1n) is 10.1. The molecule has 0 unspecified atom stereocenters. The van der Waals surface area contributed by atoms with Gasteiger partial charge in [-0.2, -0.15) is 0 Å². The highest BCUT2D eigenvalue weighted by Crippen LogP contribution is 2.32. The number of rotatable bonds is 7. The van der Waals surface area contributed by atoms with E-state index >= 15 is 0 Å². The predicted octanol–water partition coefficient (Wildman–Crippen LogP) is 4.92. The first kappa shape index (κ1) is 18.6. The second kappa shape index (κ2) is 8.16. The molecule has 0 aliphatic carbocycles. The second-order valence-corrected chi connectivity index (χ2v) is 8.32. The molecule has 0 aliphatic heterocycles. The molecule has 2 aromatic carbocycles. The van der Waals surface area contributed by atoms with Gasteiger partial charge in [0.05, 0.1) is 17.4 Å². The molecular formula is C24H22N4OS. The summed E-state index contributed by atoms with van der Waals surface area (Å²) in [5.41, 5.74) is 4.34. The van der Waals surface area contributed by atoms with E-state index in [2.05, 4.69) is 57.2 Å². The number of benzene rings is 2. The van der Waals surface area contributed by atoms with E-state index in [9.17, 15) is 4.79 Å². The number of carbonyl (C=O) groups excluding carboxylic acids is 1. The first-order chi connectivity index (χ1) is 14.8. The van der Waals surface area contributed by atoms with Crippen LogP contribution in [0.5, 0.6) is 0 Å². The van der Waals surface area contributed by atoms with Crippen molar-refractivity contribution in [2.24, 2.45) is 0 Å². The van der Waals surface area contributed by atoms with Gasteiger partial charge in [0.2, 0.25) is 5.91 Å². The van der Waals surface area contributed by atoms with Crippen molar-refractivity contribution < 1.29 is 4.79 Å². The summed E-state index contributed by atoms with van der Waals surface area (Å²) in [6.45, 7) is 1.19. The zero-order chi connectivity index (χ0) is 20.3. The molecule has 0 fully saturated rings. The van der Waals surface area contributed by atoms with Gasteiger partial charge in [-0.05, 0) is 35.2 Å². The monoisotopic (exact) mass is 414 g/mol. The smallest absolute Gasteiger partial charge is 0.221 e. The minimum absolute atomic E-state index is 0.0502. The first-order valence-corrected chi connectivity index (χ1v) is 10.9. The topological polar surface area (TPSA) is 62.7 Å². The summed E-state index contributed by atoms with van der Waals surface area (Å²) >= 11 is 1.72. The van der Waals surface area contributed by atoms with Gasteiger partial charge in [0.25, 0.3) is 0 Å². The largest absolute Gasteiger partial charge is 0.361 e. The van der Waals surface area contributed by atoms with Gasteiger partial charge in [-0.25, -0.2) is 4.98 Å². The number of aromatic nitrogens is 3. The summed E-state index contributed by atoms with van der Waals surface area (Å²) in [7, 11) is 0. The highest BCUT2D eigenvalue weighted by molar-refractivity contribution is 7.10. The van der Waals surface area contributed by atoms with Crippen molar-refractivity contribution in [1.29, 1.82) is 0 Å². The number of H-pyrrole nitrogens is 1. The van der Waals surface area contributed by atoms with E-state index in [1.807, 2.05) is 34.9 Å². The Bertz CT molecular complexity index is 1290. The molecule has 5 nitrogen and oxygen atoms in total. The lowest BCUT2D eigenvalue weighted by atomic mass is 9.96. The molecule has 5 aromatic rings. The van der Waals surface area contributed by atoms with Gasteiger partial charge in [-0.1, -0.05) is 36.4 Å². The van der Waals surface area contributed by atoms with Crippen LogP contribution >= 0.6 is 11.3 Å². The van der Waals surface area contributed by atoms with E-state index in [1.54, 1.807) is 17.7 Å². The molecule has 0 saturated carbocycles. The molecule has 0 saturated heterocycles. The van der Waals surface area contributed by atoms with Gasteiger partial charge < -0.3 is 14.9 Å². The second-order valence-electron chi connectivity index (χ2n) is 7.34. The van der Waals surface area contributed by atoms with E-state index in [0.717, 1.165) is 16.6 Å². The van der Waals surface area contributed by atoms with E-state index < -0.39 is 0 Å². The molecule has 1 amide bonds. The zero-order valence-corrected chi connectivity index (χ0v) is 17.2. The van der Waals surface area contributed by atoms with Gasteiger partial charge >= 0.3 is 0 Å². The maximum Gasteiger partial charge on any atom is 0.221 e. The molecule has 5 rings (SSSR count). The molecule has 0 bridgehead atoms. The van der Waals surface area contributed by atoms with Crippen molar-refractivity contribution in [3.8, 4) is 0 Å². The van der Waals surface area contributed by atoms with Crippen LogP contribution in [-0.4, -0.2) is 27.0 Å². The maximum absolute atomic E-state index is 12.6. The Balaban J connectivity index is 1.29. The highest BCUT2D eigenvalue weighted by Gasteiger charge is 2.20. The minimum atomic E-state index is 0.0502. The molecule has 6 heteroatoms. The van der Waals surface area contributed by atoms with Crippen LogP contribution in [0.15, 0.2) is 78.6 Å². The average molecular weight is 415 g/mol. The minimum Gasteiger partial charge on any atom is -0.361 e. The van der Waals surface area contributed by atoms with Gasteiger partial charge in [0.15, 0.2) is 0 Å². The summed E-state index contributed by atoms with van der Waals surface area (Å²) in [4.78, 5) is 21.6. The van der Waals surface area contributed by atoms with Crippen LogP contribution in [0.4, 0.5) is 0 Å². The van der Waals surface area contributed by atoms with Crippen molar-refractivity contribution in [3.63, 3.8) is 0 Å². The normalized spacial score (nSPS) is 12.4.